The second-order valence-electron chi connectivity index (χ2n) is 7.10. The Labute approximate surface area is 151 Å². The van der Waals surface area contributed by atoms with E-state index in [1.807, 2.05) is 4.90 Å². The zero-order chi connectivity index (χ0) is 19.5. The van der Waals surface area contributed by atoms with E-state index in [1.54, 1.807) is 31.7 Å². The van der Waals surface area contributed by atoms with Gasteiger partial charge >= 0.3 is 12.1 Å². The lowest BCUT2D eigenvalue weighted by atomic mass is 10.1. The zero-order valence-electron chi connectivity index (χ0n) is 15.1. The molecule has 1 amide bonds. The number of carboxylic acid groups (broad SMARTS) is 1. The van der Waals surface area contributed by atoms with Gasteiger partial charge in [0.15, 0.2) is 0 Å². The van der Waals surface area contributed by atoms with Crippen LogP contribution in [-0.2, 0) is 16.0 Å². The molecule has 1 saturated heterocycles. The number of ether oxygens (including phenoxy) is 1. The number of nitro benzene ring substituents is 1. The van der Waals surface area contributed by atoms with E-state index >= 15 is 0 Å². The molecule has 1 aliphatic heterocycles. The van der Waals surface area contributed by atoms with Crippen molar-refractivity contribution in [1.29, 1.82) is 0 Å². The van der Waals surface area contributed by atoms with E-state index in [2.05, 4.69) is 0 Å². The number of rotatable bonds is 4. The van der Waals surface area contributed by atoms with Crippen LogP contribution in [0.3, 0.4) is 0 Å². The van der Waals surface area contributed by atoms with E-state index in [-0.39, 0.29) is 18.2 Å². The van der Waals surface area contributed by atoms with Crippen LogP contribution in [0.4, 0.5) is 16.2 Å². The van der Waals surface area contributed by atoms with Gasteiger partial charge in [-0.3, -0.25) is 14.9 Å². The van der Waals surface area contributed by atoms with E-state index in [4.69, 9.17) is 9.84 Å². The Kier molecular flexibility index (Phi) is 5.69. The summed E-state index contributed by atoms with van der Waals surface area (Å²) in [6, 6.07) is 4.23. The lowest BCUT2D eigenvalue weighted by Crippen LogP contribution is -2.50. The molecule has 9 heteroatoms. The first-order valence-electron chi connectivity index (χ1n) is 8.29. The maximum atomic E-state index is 12.1. The van der Waals surface area contributed by atoms with Crippen molar-refractivity contribution in [3.05, 3.63) is 33.9 Å². The second-order valence-corrected chi connectivity index (χ2v) is 7.10. The topological polar surface area (TPSA) is 113 Å². The number of hydrogen-bond donors (Lipinski definition) is 1. The van der Waals surface area contributed by atoms with Crippen molar-refractivity contribution in [2.45, 2.75) is 32.8 Å². The van der Waals surface area contributed by atoms with Crippen molar-refractivity contribution in [2.75, 3.05) is 31.1 Å². The molecule has 0 spiro atoms. The van der Waals surface area contributed by atoms with Crippen LogP contribution in [0, 0.1) is 10.1 Å². The van der Waals surface area contributed by atoms with Crippen LogP contribution in [0.15, 0.2) is 18.2 Å². The molecule has 9 nitrogen and oxygen atoms in total. The molecule has 142 valence electrons. The Bertz CT molecular complexity index is 705. The van der Waals surface area contributed by atoms with Gasteiger partial charge in [0.25, 0.3) is 5.69 Å². The average Bonchev–Trinajstić information content (AvgIpc) is 2.52. The third-order valence-corrected chi connectivity index (χ3v) is 3.89. The number of aliphatic carboxylic acids is 1. The van der Waals surface area contributed by atoms with E-state index in [1.165, 1.54) is 12.1 Å². The minimum atomic E-state index is -1.06. The monoisotopic (exact) mass is 365 g/mol. The van der Waals surface area contributed by atoms with Gasteiger partial charge in [0.1, 0.15) is 5.60 Å². The van der Waals surface area contributed by atoms with Crippen LogP contribution < -0.4 is 4.90 Å². The molecule has 26 heavy (non-hydrogen) atoms. The molecule has 0 aliphatic carbocycles. The Morgan fingerprint density at radius 1 is 1.23 bits per heavy atom. The van der Waals surface area contributed by atoms with Gasteiger partial charge in [0.05, 0.1) is 11.3 Å². The third-order valence-electron chi connectivity index (χ3n) is 3.89. The predicted molar refractivity (Wildman–Crippen MR) is 94.5 cm³/mol. The first-order valence-corrected chi connectivity index (χ1v) is 8.29. The van der Waals surface area contributed by atoms with Gasteiger partial charge in [0.2, 0.25) is 0 Å². The normalized spacial score (nSPS) is 14.9. The summed E-state index contributed by atoms with van der Waals surface area (Å²) >= 11 is 0. The summed E-state index contributed by atoms with van der Waals surface area (Å²) in [5.41, 5.74) is 0.318. The number of piperazine rings is 1. The Balaban J connectivity index is 2.12. The van der Waals surface area contributed by atoms with Crippen molar-refractivity contribution in [2.24, 2.45) is 0 Å². The number of carbonyl (C=O) groups is 2. The molecule has 2 rings (SSSR count). The predicted octanol–water partition coefficient (Wildman–Crippen LogP) is 2.28. The molecule has 0 radical (unpaired) electrons. The maximum absolute atomic E-state index is 12.1. The van der Waals surface area contributed by atoms with Crippen LogP contribution in [0.25, 0.3) is 0 Å². The SMILES string of the molecule is CC(C)(C)OC(=O)N1CCN(c2ccc([N+](=O)[O-])cc2CC(=O)O)CC1. The Hall–Kier alpha value is -2.84. The molecule has 1 fully saturated rings. The number of nitro groups is 1. The smallest absolute Gasteiger partial charge is 0.410 e. The quantitative estimate of drug-likeness (QED) is 0.643. The molecule has 0 saturated carbocycles. The van der Waals surface area contributed by atoms with Crippen molar-refractivity contribution in [3.8, 4) is 0 Å². The molecule has 0 atom stereocenters. The van der Waals surface area contributed by atoms with E-state index in [0.29, 0.717) is 37.4 Å². The number of anilines is 1. The molecule has 0 unspecified atom stereocenters. The number of non-ortho nitro benzene ring substituents is 1. The van der Waals surface area contributed by atoms with Gasteiger partial charge in [-0.1, -0.05) is 0 Å². The molecule has 1 N–H and O–H groups in total. The van der Waals surface area contributed by atoms with Crippen LogP contribution in [0.1, 0.15) is 26.3 Å². The lowest BCUT2D eigenvalue weighted by molar-refractivity contribution is -0.384. The highest BCUT2D eigenvalue weighted by molar-refractivity contribution is 5.75. The summed E-state index contributed by atoms with van der Waals surface area (Å²) in [6.07, 6.45) is -0.685. The second kappa shape index (κ2) is 7.59. The summed E-state index contributed by atoms with van der Waals surface area (Å²) in [7, 11) is 0. The zero-order valence-corrected chi connectivity index (χ0v) is 15.1. The number of carbonyl (C=O) groups excluding carboxylic acids is 1. The lowest BCUT2D eigenvalue weighted by Gasteiger charge is -2.37. The van der Waals surface area contributed by atoms with Crippen molar-refractivity contribution < 1.29 is 24.4 Å². The molecule has 1 aromatic carbocycles. The largest absolute Gasteiger partial charge is 0.481 e. The molecule has 1 aliphatic rings. The van der Waals surface area contributed by atoms with Gasteiger partial charge in [0, 0.05) is 44.0 Å². The fourth-order valence-electron chi connectivity index (χ4n) is 2.75. The van der Waals surface area contributed by atoms with Crippen LogP contribution in [0.5, 0.6) is 0 Å². The van der Waals surface area contributed by atoms with Crippen molar-refractivity contribution in [1.82, 2.24) is 4.90 Å². The number of carboxylic acids is 1. The van der Waals surface area contributed by atoms with Crippen LogP contribution in [0.2, 0.25) is 0 Å². The maximum Gasteiger partial charge on any atom is 0.410 e. The Morgan fingerprint density at radius 2 is 1.85 bits per heavy atom. The van der Waals surface area contributed by atoms with Gasteiger partial charge in [-0.25, -0.2) is 4.79 Å². The van der Waals surface area contributed by atoms with Gasteiger partial charge in [-0.05, 0) is 32.4 Å². The van der Waals surface area contributed by atoms with Crippen molar-refractivity contribution >= 4 is 23.4 Å². The highest BCUT2D eigenvalue weighted by Crippen LogP contribution is 2.27. The fourth-order valence-corrected chi connectivity index (χ4v) is 2.75. The van der Waals surface area contributed by atoms with Crippen LogP contribution >= 0.6 is 0 Å². The minimum absolute atomic E-state index is 0.141. The highest BCUT2D eigenvalue weighted by atomic mass is 16.6. The standard InChI is InChI=1S/C17H23N3O6/c1-17(2,3)26-16(23)19-8-6-18(7-9-19)14-5-4-13(20(24)25)10-12(14)11-15(21)22/h4-5,10H,6-9,11H2,1-3H3,(H,21,22). The summed E-state index contributed by atoms with van der Waals surface area (Å²) in [5.74, 6) is -1.06. The van der Waals surface area contributed by atoms with E-state index < -0.39 is 16.5 Å². The highest BCUT2D eigenvalue weighted by Gasteiger charge is 2.27. The number of amides is 1. The Morgan fingerprint density at radius 3 is 2.35 bits per heavy atom. The van der Waals surface area contributed by atoms with Gasteiger partial charge in [-0.15, -0.1) is 0 Å². The van der Waals surface area contributed by atoms with E-state index in [9.17, 15) is 19.7 Å². The molecule has 0 aromatic heterocycles. The number of nitrogens with zero attached hydrogens (tertiary/aromatic N) is 3. The summed E-state index contributed by atoms with van der Waals surface area (Å²) in [5, 5.41) is 20.0. The third kappa shape index (κ3) is 5.08. The number of benzene rings is 1. The molecular weight excluding hydrogens is 342 g/mol. The summed E-state index contributed by atoms with van der Waals surface area (Å²) in [4.78, 5) is 37.2. The molecule has 0 bridgehead atoms. The molecule has 1 heterocycles. The molecular formula is C17H23N3O6. The first-order chi connectivity index (χ1) is 12.1. The van der Waals surface area contributed by atoms with Gasteiger partial charge < -0.3 is 19.6 Å². The van der Waals surface area contributed by atoms with E-state index in [0.717, 1.165) is 0 Å². The fraction of sp³-hybridized carbons (Fsp3) is 0.529. The first kappa shape index (κ1) is 19.5. The number of hydrogen-bond acceptors (Lipinski definition) is 6. The minimum Gasteiger partial charge on any atom is -0.481 e. The molecule has 1 aromatic rings. The average molecular weight is 365 g/mol. The van der Waals surface area contributed by atoms with Crippen LogP contribution in [-0.4, -0.2) is 58.8 Å². The van der Waals surface area contributed by atoms with Gasteiger partial charge in [-0.2, -0.15) is 0 Å². The summed E-state index contributed by atoms with van der Waals surface area (Å²) < 4.78 is 5.35. The summed E-state index contributed by atoms with van der Waals surface area (Å²) in [6.45, 7) is 7.24. The van der Waals surface area contributed by atoms with Crippen molar-refractivity contribution in [3.63, 3.8) is 0 Å².